The molecule has 5 aromatic carbocycles. The van der Waals surface area contributed by atoms with Gasteiger partial charge in [0.15, 0.2) is 0 Å². The van der Waals surface area contributed by atoms with Gasteiger partial charge < -0.3 is 14.6 Å². The zero-order chi connectivity index (χ0) is 31.2. The van der Waals surface area contributed by atoms with Gasteiger partial charge in [-0.15, -0.1) is 0 Å². The maximum absolute atomic E-state index is 13.7. The van der Waals surface area contributed by atoms with Gasteiger partial charge in [-0.1, -0.05) is 109 Å². The van der Waals surface area contributed by atoms with Crippen molar-refractivity contribution in [1.29, 1.82) is 0 Å². The predicted octanol–water partition coefficient (Wildman–Crippen LogP) is 9.03. The van der Waals surface area contributed by atoms with Crippen molar-refractivity contribution < 1.29 is 14.4 Å². The first kappa shape index (κ1) is 29.8. The topological polar surface area (TPSA) is 62.2 Å². The highest BCUT2D eigenvalue weighted by molar-refractivity contribution is 6.13. The fourth-order valence-corrected chi connectivity index (χ4v) is 6.19. The molecule has 1 saturated carbocycles. The summed E-state index contributed by atoms with van der Waals surface area (Å²) in [5.41, 5.74) is 5.68. The van der Waals surface area contributed by atoms with Crippen LogP contribution in [-0.4, -0.2) is 35.6 Å². The molecular weight excluding hydrogens is 558 g/mol. The number of fused-ring (bicyclic) bond motifs is 1. The lowest BCUT2D eigenvalue weighted by molar-refractivity contribution is -0.140. The monoisotopic (exact) mass is 595 g/mol. The molecule has 0 atom stereocenters. The molecule has 6 rings (SSSR count). The molecule has 0 saturated heterocycles. The highest BCUT2D eigenvalue weighted by Gasteiger charge is 2.24. The number of hydrogen-bond donors (Lipinski definition) is 0. The van der Waals surface area contributed by atoms with Gasteiger partial charge in [0.1, 0.15) is 5.71 Å². The average molecular weight is 596 g/mol. The first-order valence-electron chi connectivity index (χ1n) is 15.6. The molecular formula is C39H37N3O3. The Hall–Kier alpha value is -5.23. The Labute approximate surface area is 264 Å². The molecule has 0 unspecified atom stereocenters. The van der Waals surface area contributed by atoms with Crippen molar-refractivity contribution in [3.63, 3.8) is 0 Å². The Bertz CT molecular complexity index is 1820. The lowest BCUT2D eigenvalue weighted by Gasteiger charge is -2.32. The summed E-state index contributed by atoms with van der Waals surface area (Å²) in [5, 5.41) is 6.42. The molecule has 1 aliphatic rings. The van der Waals surface area contributed by atoms with Crippen LogP contribution in [-0.2, 0) is 9.63 Å². The maximum atomic E-state index is 13.7. The van der Waals surface area contributed by atoms with Crippen LogP contribution in [0.3, 0.4) is 0 Å². The van der Waals surface area contributed by atoms with Gasteiger partial charge in [-0.2, -0.15) is 0 Å². The van der Waals surface area contributed by atoms with E-state index in [0.29, 0.717) is 11.3 Å². The molecule has 226 valence electrons. The normalized spacial score (nSPS) is 13.8. The third kappa shape index (κ3) is 6.65. The minimum Gasteiger partial charge on any atom is -0.339 e. The minimum absolute atomic E-state index is 0.0474. The smallest absolute Gasteiger partial charge is 0.332 e. The molecule has 1 amide bonds. The highest BCUT2D eigenvalue weighted by atomic mass is 16.7. The number of oxime groups is 1. The van der Waals surface area contributed by atoms with Crippen molar-refractivity contribution in [2.75, 3.05) is 11.9 Å². The Balaban J connectivity index is 1.42. The number of carbonyl (C=O) groups excluding carboxylic acids is 2. The zero-order valence-electron chi connectivity index (χ0n) is 25.7. The van der Waals surface area contributed by atoms with Crippen molar-refractivity contribution in [2.45, 2.75) is 45.1 Å². The van der Waals surface area contributed by atoms with E-state index in [4.69, 9.17) is 4.84 Å². The lowest BCUT2D eigenvalue weighted by Crippen LogP contribution is -2.38. The van der Waals surface area contributed by atoms with E-state index in [9.17, 15) is 9.59 Å². The van der Waals surface area contributed by atoms with Crippen LogP contribution in [0.15, 0.2) is 126 Å². The van der Waals surface area contributed by atoms with E-state index in [1.165, 1.54) is 26.2 Å². The molecule has 1 aliphatic carbocycles. The van der Waals surface area contributed by atoms with E-state index in [1.54, 1.807) is 0 Å². The molecule has 0 aromatic heterocycles. The van der Waals surface area contributed by atoms with Crippen LogP contribution in [0.2, 0.25) is 0 Å². The van der Waals surface area contributed by atoms with Crippen LogP contribution in [0, 0.1) is 0 Å². The number of nitrogens with zero attached hydrogens (tertiary/aromatic N) is 3. The van der Waals surface area contributed by atoms with Gasteiger partial charge >= 0.3 is 5.97 Å². The standard InChI is InChI=1S/C39H37N3O3/c1-28(43)45-40-38(30-14-5-3-6-15-30)31-23-25-34(26-24-31)42(37-22-12-16-29-13-9-10-21-36(29)37)35-20-11-17-32(27-35)39(44)41(2)33-18-7-4-8-19-33/h3,5-6,9-17,20-27,33H,4,7-8,18-19H2,1-2H3/b40-38-. The third-order valence-corrected chi connectivity index (χ3v) is 8.51. The summed E-state index contributed by atoms with van der Waals surface area (Å²) in [6.07, 6.45) is 5.70. The van der Waals surface area contributed by atoms with Crippen LogP contribution in [0.25, 0.3) is 10.8 Å². The number of amides is 1. The molecule has 0 aliphatic heterocycles. The Morgan fingerprint density at radius 1 is 0.689 bits per heavy atom. The molecule has 0 N–H and O–H groups in total. The van der Waals surface area contributed by atoms with Gasteiger partial charge in [0.25, 0.3) is 5.91 Å². The Morgan fingerprint density at radius 2 is 1.33 bits per heavy atom. The molecule has 0 radical (unpaired) electrons. The summed E-state index contributed by atoms with van der Waals surface area (Å²) in [7, 11) is 1.94. The Kier molecular flexibility index (Phi) is 9.01. The zero-order valence-corrected chi connectivity index (χ0v) is 25.7. The van der Waals surface area contributed by atoms with Crippen molar-refractivity contribution in [3.05, 3.63) is 138 Å². The summed E-state index contributed by atoms with van der Waals surface area (Å²) in [4.78, 5) is 34.5. The number of benzene rings is 5. The van der Waals surface area contributed by atoms with Gasteiger partial charge in [-0.3, -0.25) is 4.79 Å². The largest absolute Gasteiger partial charge is 0.339 e. The Morgan fingerprint density at radius 3 is 2.09 bits per heavy atom. The third-order valence-electron chi connectivity index (χ3n) is 8.51. The molecule has 0 heterocycles. The van der Waals surface area contributed by atoms with Gasteiger partial charge in [0.05, 0.1) is 5.69 Å². The van der Waals surface area contributed by atoms with E-state index >= 15 is 0 Å². The molecule has 45 heavy (non-hydrogen) atoms. The molecule has 0 spiro atoms. The van der Waals surface area contributed by atoms with Crippen molar-refractivity contribution in [3.8, 4) is 0 Å². The maximum Gasteiger partial charge on any atom is 0.332 e. The number of anilines is 3. The van der Waals surface area contributed by atoms with Gasteiger partial charge in [0.2, 0.25) is 0 Å². The lowest BCUT2D eigenvalue weighted by atomic mass is 9.94. The summed E-state index contributed by atoms with van der Waals surface area (Å²) < 4.78 is 0. The fraction of sp³-hybridized carbons (Fsp3) is 0.205. The first-order chi connectivity index (χ1) is 22.0. The summed E-state index contributed by atoms with van der Waals surface area (Å²) >= 11 is 0. The van der Waals surface area contributed by atoms with E-state index < -0.39 is 5.97 Å². The van der Waals surface area contributed by atoms with Crippen LogP contribution in [0.5, 0.6) is 0 Å². The van der Waals surface area contributed by atoms with E-state index in [-0.39, 0.29) is 11.9 Å². The molecule has 6 heteroatoms. The van der Waals surface area contributed by atoms with E-state index in [0.717, 1.165) is 51.8 Å². The van der Waals surface area contributed by atoms with Gasteiger partial charge in [0, 0.05) is 53.5 Å². The molecule has 5 aromatic rings. The van der Waals surface area contributed by atoms with Crippen LogP contribution < -0.4 is 4.90 Å². The van der Waals surface area contributed by atoms with E-state index in [2.05, 4.69) is 40.4 Å². The summed E-state index contributed by atoms with van der Waals surface area (Å²) in [5.74, 6) is -0.433. The second-order valence-electron chi connectivity index (χ2n) is 11.5. The average Bonchev–Trinajstić information content (AvgIpc) is 3.09. The highest BCUT2D eigenvalue weighted by Crippen LogP contribution is 2.39. The summed E-state index contributed by atoms with van der Waals surface area (Å²) in [6, 6.07) is 40.5. The predicted molar refractivity (Wildman–Crippen MR) is 181 cm³/mol. The minimum atomic E-state index is -0.481. The van der Waals surface area contributed by atoms with Crippen LogP contribution in [0.4, 0.5) is 17.1 Å². The summed E-state index contributed by atoms with van der Waals surface area (Å²) in [6.45, 7) is 1.34. The molecule has 6 nitrogen and oxygen atoms in total. The first-order valence-corrected chi connectivity index (χ1v) is 15.6. The fourth-order valence-electron chi connectivity index (χ4n) is 6.19. The number of carbonyl (C=O) groups is 2. The quantitative estimate of drug-likeness (QED) is 0.102. The second kappa shape index (κ2) is 13.6. The number of hydrogen-bond acceptors (Lipinski definition) is 5. The molecule has 0 bridgehead atoms. The van der Waals surface area contributed by atoms with Gasteiger partial charge in [-0.25, -0.2) is 4.79 Å². The second-order valence-corrected chi connectivity index (χ2v) is 11.5. The van der Waals surface area contributed by atoms with Crippen molar-refractivity contribution in [1.82, 2.24) is 4.90 Å². The van der Waals surface area contributed by atoms with Gasteiger partial charge in [-0.05, 0) is 54.6 Å². The van der Waals surface area contributed by atoms with Crippen LogP contribution >= 0.6 is 0 Å². The van der Waals surface area contributed by atoms with Crippen molar-refractivity contribution in [2.24, 2.45) is 5.16 Å². The van der Waals surface area contributed by atoms with Crippen LogP contribution in [0.1, 0.15) is 60.5 Å². The molecule has 1 fully saturated rings. The SMILES string of the molecule is CC(=O)O/N=C(/c1ccccc1)c1ccc(N(c2cccc(C(=O)N(C)C3CCCCC3)c2)c2cccc3ccccc23)cc1. The van der Waals surface area contributed by atoms with Crippen molar-refractivity contribution >= 4 is 45.4 Å². The number of rotatable bonds is 8. The van der Waals surface area contributed by atoms with E-state index in [1.807, 2.05) is 103 Å².